The lowest BCUT2D eigenvalue weighted by molar-refractivity contribution is -0.136. The summed E-state index contributed by atoms with van der Waals surface area (Å²) in [6, 6.07) is 13.0. The van der Waals surface area contributed by atoms with Crippen LogP contribution in [0.1, 0.15) is 36.1 Å². The van der Waals surface area contributed by atoms with Crippen LogP contribution in [-0.4, -0.2) is 24.3 Å². The van der Waals surface area contributed by atoms with Gasteiger partial charge in [-0.15, -0.1) is 0 Å². The molecule has 2 aromatic carbocycles. The Labute approximate surface area is 157 Å². The number of anilines is 2. The summed E-state index contributed by atoms with van der Waals surface area (Å²) in [5, 5.41) is 5.42. The number of nitrogens with one attached hydrogen (secondary N) is 2. The van der Waals surface area contributed by atoms with Crippen molar-refractivity contribution < 1.29 is 14.4 Å². The van der Waals surface area contributed by atoms with Crippen molar-refractivity contribution in [3.8, 4) is 0 Å². The lowest BCUT2D eigenvalue weighted by atomic mass is 9.98. The fourth-order valence-corrected chi connectivity index (χ4v) is 3.81. The molecule has 0 radical (unpaired) electrons. The third-order valence-electron chi connectivity index (χ3n) is 5.16. The Morgan fingerprint density at radius 2 is 1.70 bits per heavy atom. The molecule has 0 fully saturated rings. The van der Waals surface area contributed by atoms with E-state index in [2.05, 4.69) is 10.6 Å². The van der Waals surface area contributed by atoms with Crippen LogP contribution in [0.5, 0.6) is 0 Å². The molecule has 0 saturated heterocycles. The Morgan fingerprint density at radius 1 is 1.00 bits per heavy atom. The SMILES string of the molecule is CC(NC(=O)C(=O)Nc1cc2c3c(c1)CCN3C(=O)CC2)c1ccccc1. The Bertz CT molecular complexity index is 924. The molecule has 2 aliphatic heterocycles. The van der Waals surface area contributed by atoms with E-state index in [-0.39, 0.29) is 11.9 Å². The van der Waals surface area contributed by atoms with Gasteiger partial charge in [-0.05, 0) is 48.6 Å². The Morgan fingerprint density at radius 3 is 2.44 bits per heavy atom. The number of amides is 3. The lowest BCUT2D eigenvalue weighted by Gasteiger charge is -2.25. The molecule has 4 rings (SSSR count). The van der Waals surface area contributed by atoms with Crippen LogP contribution in [-0.2, 0) is 27.2 Å². The van der Waals surface area contributed by atoms with Crippen molar-refractivity contribution in [3.05, 3.63) is 59.2 Å². The maximum absolute atomic E-state index is 12.3. The summed E-state index contributed by atoms with van der Waals surface area (Å²) >= 11 is 0. The Kier molecular flexibility index (Phi) is 4.39. The summed E-state index contributed by atoms with van der Waals surface area (Å²) in [6.07, 6.45) is 1.92. The second-order valence-electron chi connectivity index (χ2n) is 7.00. The lowest BCUT2D eigenvalue weighted by Crippen LogP contribution is -2.37. The third-order valence-corrected chi connectivity index (χ3v) is 5.16. The molecule has 1 unspecified atom stereocenters. The highest BCUT2D eigenvalue weighted by Gasteiger charge is 2.31. The van der Waals surface area contributed by atoms with Gasteiger partial charge in [-0.2, -0.15) is 0 Å². The van der Waals surface area contributed by atoms with Crippen LogP contribution < -0.4 is 15.5 Å². The van der Waals surface area contributed by atoms with Gasteiger partial charge in [0.2, 0.25) is 5.91 Å². The first-order chi connectivity index (χ1) is 13.0. The van der Waals surface area contributed by atoms with Crippen LogP contribution in [0.15, 0.2) is 42.5 Å². The monoisotopic (exact) mass is 363 g/mol. The van der Waals surface area contributed by atoms with Crippen molar-refractivity contribution in [3.63, 3.8) is 0 Å². The molecule has 0 aromatic heterocycles. The minimum absolute atomic E-state index is 0.160. The normalized spacial score (nSPS) is 15.9. The molecule has 2 N–H and O–H groups in total. The highest BCUT2D eigenvalue weighted by molar-refractivity contribution is 6.39. The molecule has 0 aliphatic carbocycles. The maximum atomic E-state index is 12.3. The van der Waals surface area contributed by atoms with Crippen molar-refractivity contribution in [2.75, 3.05) is 16.8 Å². The first kappa shape index (κ1) is 17.3. The molecule has 27 heavy (non-hydrogen) atoms. The zero-order valence-corrected chi connectivity index (χ0v) is 15.1. The minimum atomic E-state index is -0.688. The molecular formula is C21H21N3O3. The quantitative estimate of drug-likeness (QED) is 0.822. The average Bonchev–Trinajstić information content (AvgIpc) is 3.10. The molecule has 2 aliphatic rings. The Balaban J connectivity index is 1.46. The molecule has 2 aromatic rings. The maximum Gasteiger partial charge on any atom is 0.313 e. The van der Waals surface area contributed by atoms with E-state index >= 15 is 0 Å². The average molecular weight is 363 g/mol. The van der Waals surface area contributed by atoms with Gasteiger partial charge in [-0.25, -0.2) is 0 Å². The van der Waals surface area contributed by atoms with Gasteiger partial charge in [0.15, 0.2) is 0 Å². The zero-order valence-electron chi connectivity index (χ0n) is 15.1. The molecular weight excluding hydrogens is 342 g/mol. The molecule has 1 atom stereocenters. The van der Waals surface area contributed by atoms with Crippen LogP contribution >= 0.6 is 0 Å². The molecule has 0 bridgehead atoms. The molecule has 3 amide bonds. The number of nitrogens with zero attached hydrogens (tertiary/aromatic N) is 1. The predicted molar refractivity (Wildman–Crippen MR) is 102 cm³/mol. The van der Waals surface area contributed by atoms with Crippen molar-refractivity contribution in [1.82, 2.24) is 5.32 Å². The van der Waals surface area contributed by atoms with Crippen molar-refractivity contribution >= 4 is 29.1 Å². The second kappa shape index (κ2) is 6.87. The van der Waals surface area contributed by atoms with Crippen LogP contribution in [0.25, 0.3) is 0 Å². The molecule has 6 nitrogen and oxygen atoms in total. The van der Waals surface area contributed by atoms with E-state index in [4.69, 9.17) is 0 Å². The van der Waals surface area contributed by atoms with E-state index in [0.29, 0.717) is 25.1 Å². The van der Waals surface area contributed by atoms with Gasteiger partial charge in [-0.3, -0.25) is 14.4 Å². The summed E-state index contributed by atoms with van der Waals surface area (Å²) in [5.74, 6) is -1.20. The molecule has 6 heteroatoms. The van der Waals surface area contributed by atoms with Gasteiger partial charge in [0.1, 0.15) is 0 Å². The van der Waals surface area contributed by atoms with Crippen molar-refractivity contribution in [2.45, 2.75) is 32.2 Å². The van der Waals surface area contributed by atoms with E-state index in [9.17, 15) is 14.4 Å². The van der Waals surface area contributed by atoms with Gasteiger partial charge >= 0.3 is 11.8 Å². The van der Waals surface area contributed by atoms with E-state index in [1.165, 1.54) is 0 Å². The molecule has 0 saturated carbocycles. The number of carbonyl (C=O) groups excluding carboxylic acids is 3. The van der Waals surface area contributed by atoms with Gasteiger partial charge in [0.05, 0.1) is 11.7 Å². The number of benzene rings is 2. The number of hydrogen-bond acceptors (Lipinski definition) is 3. The zero-order chi connectivity index (χ0) is 19.0. The van der Waals surface area contributed by atoms with E-state index < -0.39 is 11.8 Å². The minimum Gasteiger partial charge on any atom is -0.341 e. The van der Waals surface area contributed by atoms with Gasteiger partial charge in [0, 0.05) is 18.7 Å². The van der Waals surface area contributed by atoms with Gasteiger partial charge in [0.25, 0.3) is 0 Å². The largest absolute Gasteiger partial charge is 0.341 e. The molecule has 138 valence electrons. The summed E-state index contributed by atoms with van der Waals surface area (Å²) in [6.45, 7) is 2.53. The topological polar surface area (TPSA) is 78.5 Å². The number of aryl methyl sites for hydroxylation is 1. The fraction of sp³-hybridized carbons (Fsp3) is 0.286. The smallest absolute Gasteiger partial charge is 0.313 e. The summed E-state index contributed by atoms with van der Waals surface area (Å²) in [7, 11) is 0. The van der Waals surface area contributed by atoms with Crippen LogP contribution in [0.4, 0.5) is 11.4 Å². The summed E-state index contributed by atoms with van der Waals surface area (Å²) < 4.78 is 0. The van der Waals surface area contributed by atoms with Crippen molar-refractivity contribution in [1.29, 1.82) is 0 Å². The highest BCUT2D eigenvalue weighted by atomic mass is 16.2. The van der Waals surface area contributed by atoms with E-state index in [1.54, 1.807) is 0 Å². The highest BCUT2D eigenvalue weighted by Crippen LogP contribution is 2.38. The van der Waals surface area contributed by atoms with Crippen LogP contribution in [0.2, 0.25) is 0 Å². The first-order valence-electron chi connectivity index (χ1n) is 9.16. The third kappa shape index (κ3) is 3.30. The van der Waals surface area contributed by atoms with Gasteiger partial charge in [-0.1, -0.05) is 30.3 Å². The van der Waals surface area contributed by atoms with Crippen molar-refractivity contribution in [2.24, 2.45) is 0 Å². The molecule has 2 heterocycles. The van der Waals surface area contributed by atoms with E-state index in [1.807, 2.05) is 54.3 Å². The van der Waals surface area contributed by atoms with Crippen LogP contribution in [0, 0.1) is 0 Å². The fourth-order valence-electron chi connectivity index (χ4n) is 3.81. The van der Waals surface area contributed by atoms with Crippen LogP contribution in [0.3, 0.4) is 0 Å². The predicted octanol–water partition coefficient (Wildman–Crippen LogP) is 2.34. The first-order valence-corrected chi connectivity index (χ1v) is 9.16. The summed E-state index contributed by atoms with van der Waals surface area (Å²) in [5.41, 5.74) is 4.64. The Hall–Kier alpha value is -3.15. The number of carbonyl (C=O) groups is 3. The summed E-state index contributed by atoms with van der Waals surface area (Å²) in [4.78, 5) is 38.4. The number of rotatable bonds is 3. The molecule has 0 spiro atoms. The number of hydrogen-bond donors (Lipinski definition) is 2. The second-order valence-corrected chi connectivity index (χ2v) is 7.00. The standard InChI is InChI=1S/C21H21N3O3/c1-13(14-5-3-2-4-6-14)22-20(26)21(27)23-17-11-15-7-8-18(25)24-10-9-16(12-17)19(15)24/h2-6,11-13H,7-10H2,1H3,(H,22,26)(H,23,27). The van der Waals surface area contributed by atoms with E-state index in [0.717, 1.165) is 28.8 Å². The van der Waals surface area contributed by atoms with Gasteiger partial charge < -0.3 is 15.5 Å².